The summed E-state index contributed by atoms with van der Waals surface area (Å²) in [5.41, 5.74) is 1.53. The monoisotopic (exact) mass is 280 g/mol. The molecule has 2 atom stereocenters. The van der Waals surface area contributed by atoms with Crippen molar-refractivity contribution in [2.45, 2.75) is 32.2 Å². The molecule has 5 heteroatoms. The maximum atomic E-state index is 11.2. The van der Waals surface area contributed by atoms with Crippen molar-refractivity contribution in [2.75, 3.05) is 17.2 Å². The highest BCUT2D eigenvalue weighted by molar-refractivity contribution is 6.33. The van der Waals surface area contributed by atoms with Crippen molar-refractivity contribution in [1.29, 1.82) is 0 Å². The molecule has 2 aliphatic rings. The number of hydrogen-bond acceptors (Lipinski definition) is 3. The van der Waals surface area contributed by atoms with E-state index in [9.17, 15) is 4.79 Å². The van der Waals surface area contributed by atoms with Crippen molar-refractivity contribution in [3.8, 4) is 5.75 Å². The van der Waals surface area contributed by atoms with Gasteiger partial charge in [-0.05, 0) is 24.8 Å². The van der Waals surface area contributed by atoms with Gasteiger partial charge < -0.3 is 15.4 Å². The fourth-order valence-electron chi connectivity index (χ4n) is 2.77. The van der Waals surface area contributed by atoms with E-state index in [-0.39, 0.29) is 12.5 Å². The lowest BCUT2D eigenvalue weighted by molar-refractivity contribution is -0.118. The Hall–Kier alpha value is -1.42. The van der Waals surface area contributed by atoms with Crippen molar-refractivity contribution in [2.24, 2.45) is 5.92 Å². The number of hydrogen-bond donors (Lipinski definition) is 2. The SMILES string of the molecule is CC1CCCC1Nc1cc2c(cc1Cl)NC(=O)CO2. The number of rotatable bonds is 2. The lowest BCUT2D eigenvalue weighted by Gasteiger charge is -2.23. The molecule has 1 amide bonds. The highest BCUT2D eigenvalue weighted by atomic mass is 35.5. The van der Waals surface area contributed by atoms with E-state index < -0.39 is 0 Å². The van der Waals surface area contributed by atoms with Gasteiger partial charge in [0.05, 0.1) is 16.4 Å². The molecular weight excluding hydrogens is 264 g/mol. The van der Waals surface area contributed by atoms with Crippen LogP contribution in [0, 0.1) is 5.92 Å². The van der Waals surface area contributed by atoms with E-state index in [1.54, 1.807) is 6.07 Å². The fraction of sp³-hybridized carbons (Fsp3) is 0.500. The molecule has 2 N–H and O–H groups in total. The van der Waals surface area contributed by atoms with E-state index in [0.29, 0.717) is 28.4 Å². The second-order valence-corrected chi connectivity index (χ2v) is 5.73. The zero-order chi connectivity index (χ0) is 13.4. The summed E-state index contributed by atoms with van der Waals surface area (Å²) >= 11 is 6.27. The van der Waals surface area contributed by atoms with Gasteiger partial charge in [-0.3, -0.25) is 4.79 Å². The van der Waals surface area contributed by atoms with Gasteiger partial charge in [-0.15, -0.1) is 0 Å². The molecule has 1 saturated carbocycles. The van der Waals surface area contributed by atoms with Crippen LogP contribution in [-0.4, -0.2) is 18.6 Å². The smallest absolute Gasteiger partial charge is 0.262 e. The number of nitrogens with one attached hydrogen (secondary N) is 2. The van der Waals surface area contributed by atoms with Crippen LogP contribution < -0.4 is 15.4 Å². The Bertz CT molecular complexity index is 518. The fourth-order valence-corrected chi connectivity index (χ4v) is 2.99. The molecule has 0 saturated heterocycles. The van der Waals surface area contributed by atoms with E-state index in [2.05, 4.69) is 17.6 Å². The molecule has 1 aliphatic carbocycles. The molecule has 102 valence electrons. The molecular formula is C14H17ClN2O2. The van der Waals surface area contributed by atoms with Crippen LogP contribution in [0.15, 0.2) is 12.1 Å². The molecule has 1 fully saturated rings. The predicted octanol–water partition coefficient (Wildman–Crippen LogP) is 3.27. The summed E-state index contributed by atoms with van der Waals surface area (Å²) in [7, 11) is 0. The van der Waals surface area contributed by atoms with Gasteiger partial charge in [0, 0.05) is 12.1 Å². The van der Waals surface area contributed by atoms with Crippen molar-refractivity contribution in [1.82, 2.24) is 0 Å². The number of carbonyl (C=O) groups excluding carboxylic acids is 1. The Morgan fingerprint density at radius 2 is 2.26 bits per heavy atom. The highest BCUT2D eigenvalue weighted by Crippen LogP contribution is 2.38. The lowest BCUT2D eigenvalue weighted by Crippen LogP contribution is -2.26. The number of benzene rings is 1. The molecule has 1 aromatic rings. The topological polar surface area (TPSA) is 50.4 Å². The maximum absolute atomic E-state index is 11.2. The minimum Gasteiger partial charge on any atom is -0.482 e. The van der Waals surface area contributed by atoms with Crippen LogP contribution in [0.1, 0.15) is 26.2 Å². The van der Waals surface area contributed by atoms with Crippen LogP contribution in [0.5, 0.6) is 5.75 Å². The van der Waals surface area contributed by atoms with E-state index in [1.807, 2.05) is 6.07 Å². The molecule has 0 radical (unpaired) electrons. The van der Waals surface area contributed by atoms with Gasteiger partial charge in [0.25, 0.3) is 5.91 Å². The molecule has 1 aliphatic heterocycles. The van der Waals surface area contributed by atoms with Crippen molar-refractivity contribution >= 4 is 28.9 Å². The minimum atomic E-state index is -0.145. The second-order valence-electron chi connectivity index (χ2n) is 5.32. The number of carbonyl (C=O) groups is 1. The van der Waals surface area contributed by atoms with Crippen LogP contribution >= 0.6 is 11.6 Å². The molecule has 1 heterocycles. The minimum absolute atomic E-state index is 0.0634. The first-order valence-electron chi connectivity index (χ1n) is 6.66. The predicted molar refractivity (Wildman–Crippen MR) is 76.0 cm³/mol. The molecule has 3 rings (SSSR count). The van der Waals surface area contributed by atoms with E-state index >= 15 is 0 Å². The molecule has 4 nitrogen and oxygen atoms in total. The Morgan fingerprint density at radius 1 is 1.42 bits per heavy atom. The summed E-state index contributed by atoms with van der Waals surface area (Å²) < 4.78 is 5.41. The summed E-state index contributed by atoms with van der Waals surface area (Å²) in [5, 5.41) is 6.86. The zero-order valence-electron chi connectivity index (χ0n) is 10.8. The third-order valence-corrected chi connectivity index (χ3v) is 4.22. The first-order valence-corrected chi connectivity index (χ1v) is 7.04. The number of halogens is 1. The Labute approximate surface area is 117 Å². The van der Waals surface area contributed by atoms with Gasteiger partial charge in [0.15, 0.2) is 6.61 Å². The first kappa shape index (κ1) is 12.6. The maximum Gasteiger partial charge on any atom is 0.262 e. The molecule has 1 aromatic carbocycles. The van der Waals surface area contributed by atoms with Crippen molar-refractivity contribution in [3.05, 3.63) is 17.2 Å². The van der Waals surface area contributed by atoms with Crippen LogP contribution in [0.25, 0.3) is 0 Å². The summed E-state index contributed by atoms with van der Waals surface area (Å²) in [6.45, 7) is 2.32. The number of amides is 1. The third kappa shape index (κ3) is 2.50. The summed E-state index contributed by atoms with van der Waals surface area (Å²) in [5.74, 6) is 1.19. The van der Waals surface area contributed by atoms with Gasteiger partial charge in [-0.2, -0.15) is 0 Å². The number of anilines is 2. The van der Waals surface area contributed by atoms with Crippen LogP contribution in [0.3, 0.4) is 0 Å². The number of fused-ring (bicyclic) bond motifs is 1. The van der Waals surface area contributed by atoms with Crippen LogP contribution in [0.2, 0.25) is 5.02 Å². The molecule has 0 aromatic heterocycles. The van der Waals surface area contributed by atoms with Gasteiger partial charge in [-0.1, -0.05) is 24.9 Å². The summed E-state index contributed by atoms with van der Waals surface area (Å²) in [6.07, 6.45) is 3.69. The first-order chi connectivity index (χ1) is 9.13. The summed E-state index contributed by atoms with van der Waals surface area (Å²) in [6, 6.07) is 4.09. The average molecular weight is 281 g/mol. The Kier molecular flexibility index (Phi) is 3.27. The van der Waals surface area contributed by atoms with Gasteiger partial charge in [0.2, 0.25) is 0 Å². The van der Waals surface area contributed by atoms with Crippen molar-refractivity contribution < 1.29 is 9.53 Å². The largest absolute Gasteiger partial charge is 0.482 e. The quantitative estimate of drug-likeness (QED) is 0.874. The van der Waals surface area contributed by atoms with Gasteiger partial charge >= 0.3 is 0 Å². The number of ether oxygens (including phenoxy) is 1. The van der Waals surface area contributed by atoms with E-state index in [0.717, 1.165) is 5.69 Å². The zero-order valence-corrected chi connectivity index (χ0v) is 11.6. The van der Waals surface area contributed by atoms with Crippen LogP contribution in [-0.2, 0) is 4.79 Å². The second kappa shape index (κ2) is 4.93. The van der Waals surface area contributed by atoms with Crippen molar-refractivity contribution in [3.63, 3.8) is 0 Å². The van der Waals surface area contributed by atoms with Gasteiger partial charge in [0.1, 0.15) is 5.75 Å². The van der Waals surface area contributed by atoms with E-state index in [1.165, 1.54) is 19.3 Å². The lowest BCUT2D eigenvalue weighted by atomic mass is 10.1. The van der Waals surface area contributed by atoms with E-state index in [4.69, 9.17) is 16.3 Å². The molecule has 0 bridgehead atoms. The summed E-state index contributed by atoms with van der Waals surface area (Å²) in [4.78, 5) is 11.2. The van der Waals surface area contributed by atoms with Crippen LogP contribution in [0.4, 0.5) is 11.4 Å². The molecule has 2 unspecified atom stereocenters. The average Bonchev–Trinajstić information content (AvgIpc) is 2.76. The normalized spacial score (nSPS) is 25.5. The Balaban J connectivity index is 1.84. The molecule has 19 heavy (non-hydrogen) atoms. The Morgan fingerprint density at radius 3 is 3.00 bits per heavy atom. The highest BCUT2D eigenvalue weighted by Gasteiger charge is 2.25. The standard InChI is InChI=1S/C14H17ClN2O2/c1-8-3-2-4-10(8)16-11-6-13-12(5-9(11)15)17-14(18)7-19-13/h5-6,8,10,16H,2-4,7H2,1H3,(H,17,18). The molecule has 0 spiro atoms. The van der Waals surface area contributed by atoms with Gasteiger partial charge in [-0.25, -0.2) is 0 Å². The third-order valence-electron chi connectivity index (χ3n) is 3.90.